The molecule has 2 heterocycles. The van der Waals surface area contributed by atoms with Crippen LogP contribution in [0.1, 0.15) is 31.5 Å². The molecule has 0 aliphatic heterocycles. The Bertz CT molecular complexity index is 694. The van der Waals surface area contributed by atoms with Crippen molar-refractivity contribution in [2.75, 3.05) is 11.9 Å². The van der Waals surface area contributed by atoms with Gasteiger partial charge in [-0.1, -0.05) is 23.4 Å². The van der Waals surface area contributed by atoms with E-state index in [4.69, 9.17) is 11.6 Å². The third-order valence-corrected chi connectivity index (χ3v) is 4.51. The first-order valence-corrected chi connectivity index (χ1v) is 8.24. The van der Waals surface area contributed by atoms with E-state index < -0.39 is 0 Å². The molecule has 6 nitrogen and oxygen atoms in total. The van der Waals surface area contributed by atoms with E-state index >= 15 is 0 Å². The van der Waals surface area contributed by atoms with Gasteiger partial charge in [0.1, 0.15) is 5.82 Å². The van der Waals surface area contributed by atoms with Crippen molar-refractivity contribution in [3.05, 3.63) is 33.3 Å². The average Bonchev–Trinajstić information content (AvgIpc) is 3.23. The number of hydrogen-bond donors (Lipinski definition) is 2. The fraction of sp³-hybridized carbons (Fsp3) is 0.462. The van der Waals surface area contributed by atoms with Crippen LogP contribution in [0.3, 0.4) is 0 Å². The summed E-state index contributed by atoms with van der Waals surface area (Å²) in [6.07, 6.45) is 2.09. The van der Waals surface area contributed by atoms with Crippen LogP contribution in [0, 0.1) is 0 Å². The maximum Gasteiger partial charge on any atom is 0.344 e. The molecule has 0 bridgehead atoms. The van der Waals surface area contributed by atoms with Crippen LogP contribution in [0.5, 0.6) is 0 Å². The fourth-order valence-electron chi connectivity index (χ4n) is 2.04. The quantitative estimate of drug-likeness (QED) is 0.799. The summed E-state index contributed by atoms with van der Waals surface area (Å²) in [5.41, 5.74) is 0.651. The van der Waals surface area contributed by atoms with Crippen molar-refractivity contribution in [3.8, 4) is 0 Å². The highest BCUT2D eigenvalue weighted by molar-refractivity contribution is 7.98. The Kier molecular flexibility index (Phi) is 4.21. The maximum atomic E-state index is 11.7. The molecule has 0 amide bonds. The van der Waals surface area contributed by atoms with Crippen molar-refractivity contribution in [1.29, 1.82) is 0 Å². The van der Waals surface area contributed by atoms with Gasteiger partial charge in [0.25, 0.3) is 0 Å². The number of anilines is 1. The number of nitrogens with one attached hydrogen (secondary N) is 2. The summed E-state index contributed by atoms with van der Waals surface area (Å²) in [6, 6.07) is 3.99. The van der Waals surface area contributed by atoms with E-state index in [2.05, 4.69) is 20.5 Å². The van der Waals surface area contributed by atoms with E-state index in [0.717, 1.165) is 30.9 Å². The van der Waals surface area contributed by atoms with Crippen LogP contribution in [0.15, 0.2) is 22.1 Å². The first-order valence-electron chi connectivity index (χ1n) is 6.88. The highest BCUT2D eigenvalue weighted by Crippen LogP contribution is 2.36. The van der Waals surface area contributed by atoms with E-state index in [9.17, 15) is 4.79 Å². The number of aromatic nitrogens is 4. The molecule has 1 aliphatic rings. The van der Waals surface area contributed by atoms with Crippen LogP contribution in [0.2, 0.25) is 5.02 Å². The van der Waals surface area contributed by atoms with Gasteiger partial charge >= 0.3 is 5.69 Å². The van der Waals surface area contributed by atoms with Gasteiger partial charge in [0.2, 0.25) is 0 Å². The zero-order valence-electron chi connectivity index (χ0n) is 11.6. The third kappa shape index (κ3) is 3.24. The van der Waals surface area contributed by atoms with Crippen LogP contribution in [-0.2, 0) is 5.75 Å². The number of H-pyrrole nitrogens is 1. The van der Waals surface area contributed by atoms with Gasteiger partial charge in [0.05, 0.1) is 10.7 Å². The number of rotatable bonds is 6. The summed E-state index contributed by atoms with van der Waals surface area (Å²) in [6.45, 7) is 2.82. The van der Waals surface area contributed by atoms with Crippen LogP contribution < -0.4 is 11.0 Å². The summed E-state index contributed by atoms with van der Waals surface area (Å²) in [7, 11) is 0. The number of halogens is 1. The minimum absolute atomic E-state index is 0.138. The van der Waals surface area contributed by atoms with Crippen molar-refractivity contribution in [2.45, 2.75) is 36.7 Å². The molecule has 21 heavy (non-hydrogen) atoms. The lowest BCUT2D eigenvalue weighted by Gasteiger charge is -2.07. The van der Waals surface area contributed by atoms with Crippen molar-refractivity contribution < 1.29 is 0 Å². The van der Waals surface area contributed by atoms with Crippen molar-refractivity contribution in [1.82, 2.24) is 19.7 Å². The van der Waals surface area contributed by atoms with Gasteiger partial charge in [0, 0.05) is 18.3 Å². The summed E-state index contributed by atoms with van der Waals surface area (Å²) >= 11 is 7.66. The molecule has 2 aromatic heterocycles. The van der Waals surface area contributed by atoms with Crippen LogP contribution in [0.4, 0.5) is 5.82 Å². The number of aromatic amines is 1. The van der Waals surface area contributed by atoms with Gasteiger partial charge in [-0.25, -0.2) is 14.9 Å². The van der Waals surface area contributed by atoms with Crippen molar-refractivity contribution in [3.63, 3.8) is 0 Å². The number of hydrogen-bond acceptors (Lipinski definition) is 5. The Morgan fingerprint density at radius 3 is 3.05 bits per heavy atom. The summed E-state index contributed by atoms with van der Waals surface area (Å²) in [5, 5.41) is 11.1. The molecule has 8 heteroatoms. The first kappa shape index (κ1) is 14.5. The monoisotopic (exact) mass is 325 g/mol. The van der Waals surface area contributed by atoms with Crippen LogP contribution in [-0.4, -0.2) is 26.3 Å². The molecule has 112 valence electrons. The van der Waals surface area contributed by atoms with Crippen molar-refractivity contribution >= 4 is 29.2 Å². The second kappa shape index (κ2) is 6.11. The number of nitrogens with zero attached hydrogens (tertiary/aromatic N) is 3. The molecular weight excluding hydrogens is 310 g/mol. The number of pyridine rings is 1. The van der Waals surface area contributed by atoms with E-state index in [-0.39, 0.29) is 5.69 Å². The molecule has 0 unspecified atom stereocenters. The highest BCUT2D eigenvalue weighted by Gasteiger charge is 2.28. The highest BCUT2D eigenvalue weighted by atomic mass is 35.5. The molecule has 2 N–H and O–H groups in total. The molecule has 0 aromatic carbocycles. The average molecular weight is 326 g/mol. The lowest BCUT2D eigenvalue weighted by atomic mass is 10.3. The lowest BCUT2D eigenvalue weighted by Crippen LogP contribution is -2.16. The molecule has 2 aromatic rings. The summed E-state index contributed by atoms with van der Waals surface area (Å²) < 4.78 is 1.73. The smallest absolute Gasteiger partial charge is 0.344 e. The van der Waals surface area contributed by atoms with Gasteiger partial charge in [-0.15, -0.1) is 5.10 Å². The predicted molar refractivity (Wildman–Crippen MR) is 84.1 cm³/mol. The molecule has 3 rings (SSSR count). The van der Waals surface area contributed by atoms with E-state index in [1.165, 1.54) is 11.8 Å². The maximum absolute atomic E-state index is 11.7. The minimum atomic E-state index is -0.138. The van der Waals surface area contributed by atoms with E-state index in [1.54, 1.807) is 4.57 Å². The third-order valence-electron chi connectivity index (χ3n) is 3.20. The molecule has 1 saturated carbocycles. The van der Waals surface area contributed by atoms with Crippen LogP contribution >= 0.6 is 23.4 Å². The topological polar surface area (TPSA) is 75.6 Å². The Labute approximate surface area is 131 Å². The summed E-state index contributed by atoms with van der Waals surface area (Å²) in [5.74, 6) is 1.38. The van der Waals surface area contributed by atoms with Gasteiger partial charge < -0.3 is 5.32 Å². The normalized spacial score (nSPS) is 14.4. The molecule has 0 saturated heterocycles. The standard InChI is InChI=1S/C13H16ClN5OS/c1-2-15-11-6-5-9(14)10(16-11)7-21-13-18-17-12(20)19(13)8-3-4-8/h5-6,8H,2-4,7H2,1H3,(H,15,16)(H,17,20). The number of thioether (sulfide) groups is 1. The second-order valence-electron chi connectivity index (χ2n) is 4.86. The predicted octanol–water partition coefficient (Wildman–Crippen LogP) is 2.68. The molecule has 0 spiro atoms. The van der Waals surface area contributed by atoms with Gasteiger partial charge in [-0.05, 0) is 31.9 Å². The molecule has 1 aliphatic carbocycles. The zero-order chi connectivity index (χ0) is 14.8. The fourth-order valence-corrected chi connectivity index (χ4v) is 3.26. The molecule has 1 fully saturated rings. The zero-order valence-corrected chi connectivity index (χ0v) is 13.2. The van der Waals surface area contributed by atoms with Gasteiger partial charge in [0.15, 0.2) is 5.16 Å². The summed E-state index contributed by atoms with van der Waals surface area (Å²) in [4.78, 5) is 16.2. The SMILES string of the molecule is CCNc1ccc(Cl)c(CSc2n[nH]c(=O)n2C2CC2)n1. The van der Waals surface area contributed by atoms with Gasteiger partial charge in [-0.3, -0.25) is 4.57 Å². The Morgan fingerprint density at radius 2 is 2.33 bits per heavy atom. The molecular formula is C13H16ClN5OS. The second-order valence-corrected chi connectivity index (χ2v) is 6.21. The lowest BCUT2D eigenvalue weighted by molar-refractivity contribution is 0.642. The van der Waals surface area contributed by atoms with E-state index in [1.807, 2.05) is 19.1 Å². The molecule has 0 atom stereocenters. The Morgan fingerprint density at radius 1 is 1.52 bits per heavy atom. The largest absolute Gasteiger partial charge is 0.370 e. The van der Waals surface area contributed by atoms with E-state index in [0.29, 0.717) is 22.0 Å². The Balaban J connectivity index is 1.75. The first-order chi connectivity index (χ1) is 10.2. The minimum Gasteiger partial charge on any atom is -0.370 e. The van der Waals surface area contributed by atoms with Gasteiger partial charge in [-0.2, -0.15) is 0 Å². The Hall–Kier alpha value is -1.47. The van der Waals surface area contributed by atoms with Crippen molar-refractivity contribution in [2.24, 2.45) is 0 Å². The van der Waals surface area contributed by atoms with Crippen LogP contribution in [0.25, 0.3) is 0 Å². The molecule has 0 radical (unpaired) electrons.